The van der Waals surface area contributed by atoms with Gasteiger partial charge in [0.15, 0.2) is 0 Å². The molecule has 0 radical (unpaired) electrons. The largest absolute Gasteiger partial charge is 0.387 e. The van der Waals surface area contributed by atoms with E-state index < -0.39 is 6.10 Å². The van der Waals surface area contributed by atoms with Gasteiger partial charge >= 0.3 is 0 Å². The highest BCUT2D eigenvalue weighted by molar-refractivity contribution is 5.96. The van der Waals surface area contributed by atoms with Crippen LogP contribution in [0.25, 0.3) is 33.1 Å². The van der Waals surface area contributed by atoms with Crippen LogP contribution in [0.2, 0.25) is 0 Å². The molecule has 1 aromatic carbocycles. The third-order valence-corrected chi connectivity index (χ3v) is 7.37. The fraction of sp³-hybridized carbons (Fsp3) is 0.308. The van der Waals surface area contributed by atoms with E-state index in [1.54, 1.807) is 6.20 Å². The van der Waals surface area contributed by atoms with Crippen molar-refractivity contribution >= 4 is 21.9 Å². The van der Waals surface area contributed by atoms with Crippen LogP contribution in [-0.2, 0) is 0 Å². The lowest BCUT2D eigenvalue weighted by molar-refractivity contribution is -0.0444. The van der Waals surface area contributed by atoms with E-state index in [-0.39, 0.29) is 6.04 Å². The lowest BCUT2D eigenvalue weighted by Crippen LogP contribution is -2.54. The van der Waals surface area contributed by atoms with Crippen molar-refractivity contribution < 1.29 is 5.11 Å². The number of benzene rings is 1. The lowest BCUT2D eigenvalue weighted by Gasteiger charge is -2.50. The monoisotopic (exact) mass is 410 g/mol. The van der Waals surface area contributed by atoms with Gasteiger partial charge in [-0.25, -0.2) is 4.98 Å². The zero-order chi connectivity index (χ0) is 20.9. The average molecular weight is 411 g/mol. The molecule has 0 saturated carbocycles. The molecule has 4 aromatic rings. The summed E-state index contributed by atoms with van der Waals surface area (Å²) < 4.78 is 0. The summed E-state index contributed by atoms with van der Waals surface area (Å²) in [6, 6.07) is 12.5. The molecule has 5 heteroatoms. The number of aromatic nitrogens is 3. The predicted molar refractivity (Wildman–Crippen MR) is 124 cm³/mol. The van der Waals surface area contributed by atoms with Gasteiger partial charge in [0.25, 0.3) is 0 Å². The number of pyridine rings is 2. The molecule has 3 aliphatic rings. The highest BCUT2D eigenvalue weighted by atomic mass is 16.3. The van der Waals surface area contributed by atoms with Crippen molar-refractivity contribution in [1.82, 2.24) is 19.9 Å². The highest BCUT2D eigenvalue weighted by Crippen LogP contribution is 2.42. The van der Waals surface area contributed by atoms with Crippen LogP contribution in [0, 0.1) is 11.8 Å². The van der Waals surface area contributed by atoms with Crippen LogP contribution in [0.3, 0.4) is 0 Å². The summed E-state index contributed by atoms with van der Waals surface area (Å²) in [4.78, 5) is 14.7. The van der Waals surface area contributed by atoms with Crippen molar-refractivity contribution in [2.75, 3.05) is 13.1 Å². The Morgan fingerprint density at radius 1 is 1.16 bits per heavy atom. The number of rotatable bonds is 4. The summed E-state index contributed by atoms with van der Waals surface area (Å²) in [6.45, 7) is 6.09. The average Bonchev–Trinajstić information content (AvgIpc) is 3.27. The van der Waals surface area contributed by atoms with Crippen LogP contribution in [0.4, 0.5) is 0 Å². The van der Waals surface area contributed by atoms with Crippen molar-refractivity contribution in [1.29, 1.82) is 0 Å². The molecule has 3 aliphatic heterocycles. The van der Waals surface area contributed by atoms with Gasteiger partial charge in [0, 0.05) is 47.5 Å². The zero-order valence-corrected chi connectivity index (χ0v) is 17.4. The standard InChI is InChI=1S/C26H26N4O/c1-2-16-15-30-11-8-17(16)13-24(30)25(31)19-7-10-27-23-6-5-18(12-21(19)23)22-14-29-26-20(22)4-3-9-28-26/h2-7,9-10,12,14,16-17,24-25,31H,1,8,11,13,15H2,(H,28,29). The van der Waals surface area contributed by atoms with Crippen molar-refractivity contribution in [3.63, 3.8) is 0 Å². The van der Waals surface area contributed by atoms with Crippen LogP contribution in [0.1, 0.15) is 24.5 Å². The summed E-state index contributed by atoms with van der Waals surface area (Å²) in [5, 5.41) is 13.6. The number of aromatic amines is 1. The second-order valence-electron chi connectivity index (χ2n) is 8.93. The third-order valence-electron chi connectivity index (χ3n) is 7.37. The van der Waals surface area contributed by atoms with E-state index in [4.69, 9.17) is 0 Å². The molecule has 3 saturated heterocycles. The Kier molecular flexibility index (Phi) is 4.40. The SMILES string of the molecule is C=CC1CN2CCC1CC2C(O)c1ccnc2ccc(-c3c[nH]c4ncccc34)cc12. The molecule has 31 heavy (non-hydrogen) atoms. The predicted octanol–water partition coefficient (Wildman–Crippen LogP) is 4.71. The van der Waals surface area contributed by atoms with Crippen molar-refractivity contribution in [2.45, 2.75) is 25.0 Å². The molecule has 3 aromatic heterocycles. The van der Waals surface area contributed by atoms with Gasteiger partial charge in [-0.15, -0.1) is 6.58 Å². The maximum Gasteiger partial charge on any atom is 0.137 e. The zero-order valence-electron chi connectivity index (χ0n) is 17.4. The third kappa shape index (κ3) is 2.99. The van der Waals surface area contributed by atoms with E-state index in [2.05, 4.69) is 56.8 Å². The van der Waals surface area contributed by atoms with E-state index in [1.165, 1.54) is 6.42 Å². The highest BCUT2D eigenvalue weighted by Gasteiger charge is 2.42. The van der Waals surface area contributed by atoms with Gasteiger partial charge < -0.3 is 10.1 Å². The van der Waals surface area contributed by atoms with Gasteiger partial charge in [-0.3, -0.25) is 9.88 Å². The summed E-state index contributed by atoms with van der Waals surface area (Å²) in [6.07, 6.45) is 9.42. The quantitative estimate of drug-likeness (QED) is 0.478. The summed E-state index contributed by atoms with van der Waals surface area (Å²) >= 11 is 0. The number of H-pyrrole nitrogens is 1. The molecule has 3 fully saturated rings. The Labute approximate surface area is 181 Å². The first kappa shape index (κ1) is 18.7. The maximum absolute atomic E-state index is 11.5. The Balaban J connectivity index is 1.41. The number of hydrogen-bond acceptors (Lipinski definition) is 4. The minimum atomic E-state index is -0.529. The molecule has 0 amide bonds. The number of nitrogens with zero attached hydrogens (tertiary/aromatic N) is 3. The molecule has 2 bridgehead atoms. The van der Waals surface area contributed by atoms with Gasteiger partial charge in [-0.1, -0.05) is 12.1 Å². The first-order valence-corrected chi connectivity index (χ1v) is 11.1. The van der Waals surface area contributed by atoms with Gasteiger partial charge in [-0.05, 0) is 72.7 Å². The Morgan fingerprint density at radius 3 is 2.94 bits per heavy atom. The van der Waals surface area contributed by atoms with E-state index in [1.807, 2.05) is 24.5 Å². The number of hydrogen-bond donors (Lipinski definition) is 2. The molecule has 0 spiro atoms. The lowest BCUT2D eigenvalue weighted by atomic mass is 9.73. The fourth-order valence-electron chi connectivity index (χ4n) is 5.70. The van der Waals surface area contributed by atoms with Crippen molar-refractivity contribution in [2.24, 2.45) is 11.8 Å². The molecule has 156 valence electrons. The van der Waals surface area contributed by atoms with Gasteiger partial charge in [0.2, 0.25) is 0 Å². The second-order valence-corrected chi connectivity index (χ2v) is 8.93. The first-order chi connectivity index (χ1) is 15.2. The molecule has 5 nitrogen and oxygen atoms in total. The molecule has 6 heterocycles. The van der Waals surface area contributed by atoms with Crippen molar-refractivity contribution in [3.8, 4) is 11.1 Å². The minimum Gasteiger partial charge on any atom is -0.387 e. The maximum atomic E-state index is 11.5. The van der Waals surface area contributed by atoms with E-state index in [9.17, 15) is 5.11 Å². The number of fused-ring (bicyclic) bond motifs is 5. The second kappa shape index (κ2) is 7.29. The number of aliphatic hydroxyl groups excluding tert-OH is 1. The molecular formula is C26H26N4O. The van der Waals surface area contributed by atoms with Gasteiger partial charge in [0.05, 0.1) is 11.6 Å². The Morgan fingerprint density at radius 2 is 2.10 bits per heavy atom. The first-order valence-electron chi connectivity index (χ1n) is 11.1. The number of aliphatic hydroxyl groups is 1. The van der Waals surface area contributed by atoms with E-state index >= 15 is 0 Å². The summed E-state index contributed by atoms with van der Waals surface area (Å²) in [5.74, 6) is 1.18. The van der Waals surface area contributed by atoms with E-state index in [0.29, 0.717) is 11.8 Å². The Hall–Kier alpha value is -3.02. The van der Waals surface area contributed by atoms with Crippen LogP contribution in [0.5, 0.6) is 0 Å². The molecule has 5 unspecified atom stereocenters. The van der Waals surface area contributed by atoms with Crippen LogP contribution >= 0.6 is 0 Å². The van der Waals surface area contributed by atoms with Gasteiger partial charge in [-0.2, -0.15) is 0 Å². The molecule has 0 aliphatic carbocycles. The van der Waals surface area contributed by atoms with Gasteiger partial charge in [0.1, 0.15) is 5.65 Å². The molecular weight excluding hydrogens is 384 g/mol. The molecule has 5 atom stereocenters. The van der Waals surface area contributed by atoms with E-state index in [0.717, 1.165) is 58.1 Å². The van der Waals surface area contributed by atoms with Crippen LogP contribution < -0.4 is 0 Å². The number of nitrogens with one attached hydrogen (secondary N) is 1. The summed E-state index contributed by atoms with van der Waals surface area (Å²) in [7, 11) is 0. The summed E-state index contributed by atoms with van der Waals surface area (Å²) in [5.41, 5.74) is 4.98. The van der Waals surface area contributed by atoms with Crippen LogP contribution in [-0.4, -0.2) is 44.1 Å². The minimum absolute atomic E-state index is 0.154. The smallest absolute Gasteiger partial charge is 0.137 e. The fourth-order valence-corrected chi connectivity index (χ4v) is 5.70. The molecule has 7 rings (SSSR count). The topological polar surface area (TPSA) is 65.0 Å². The van der Waals surface area contributed by atoms with Crippen molar-refractivity contribution in [3.05, 3.63) is 73.2 Å². The van der Waals surface area contributed by atoms with Crippen LogP contribution in [0.15, 0.2) is 67.6 Å². The normalized spacial score (nSPS) is 26.4. The number of piperidine rings is 3. The molecule has 2 N–H and O–H groups in total. The Bertz CT molecular complexity index is 1280.